The Morgan fingerprint density at radius 3 is 2.39 bits per heavy atom. The summed E-state index contributed by atoms with van der Waals surface area (Å²) in [6.07, 6.45) is -6.31. The van der Waals surface area contributed by atoms with Crippen LogP contribution in [0.4, 0.5) is 23.2 Å². The summed E-state index contributed by atoms with van der Waals surface area (Å²) in [4.78, 5) is 21.7. The van der Waals surface area contributed by atoms with Crippen molar-refractivity contribution in [1.82, 2.24) is 0 Å². The number of halogens is 4. The number of amides is 2. The standard InChI is InChI=1S/C10H8F4N2O2/c11-7-2-1-5(3-6(7)9(15)18)16-8(17)4-10(12,13)14/h1-3H,4H2,(H2,15,18)(H,16,17). The number of rotatable bonds is 3. The molecular weight excluding hydrogens is 256 g/mol. The number of primary amides is 1. The lowest BCUT2D eigenvalue weighted by molar-refractivity contribution is -0.150. The van der Waals surface area contributed by atoms with Crippen molar-refractivity contribution in [1.29, 1.82) is 0 Å². The molecule has 1 aromatic carbocycles. The number of nitrogens with one attached hydrogen (secondary N) is 1. The molecule has 0 saturated carbocycles. The first-order valence-electron chi connectivity index (χ1n) is 4.65. The number of nitrogens with two attached hydrogens (primary N) is 1. The highest BCUT2D eigenvalue weighted by Crippen LogP contribution is 2.21. The van der Waals surface area contributed by atoms with Gasteiger partial charge in [-0.15, -0.1) is 0 Å². The van der Waals surface area contributed by atoms with Gasteiger partial charge in [0.15, 0.2) is 0 Å². The molecule has 0 aromatic heterocycles. The van der Waals surface area contributed by atoms with E-state index in [0.717, 1.165) is 18.2 Å². The molecule has 0 atom stereocenters. The Morgan fingerprint density at radius 2 is 1.89 bits per heavy atom. The maximum Gasteiger partial charge on any atom is 0.397 e. The smallest absolute Gasteiger partial charge is 0.366 e. The Labute approximate surface area is 98.8 Å². The van der Waals surface area contributed by atoms with Gasteiger partial charge in [0.05, 0.1) is 5.56 Å². The van der Waals surface area contributed by atoms with Crippen molar-refractivity contribution in [2.24, 2.45) is 5.73 Å². The lowest BCUT2D eigenvalue weighted by atomic mass is 10.1. The van der Waals surface area contributed by atoms with Crippen LogP contribution in [0.2, 0.25) is 0 Å². The first kappa shape index (κ1) is 13.9. The summed E-state index contributed by atoms with van der Waals surface area (Å²) < 4.78 is 48.7. The minimum atomic E-state index is -4.64. The van der Waals surface area contributed by atoms with E-state index in [1.54, 1.807) is 0 Å². The van der Waals surface area contributed by atoms with E-state index in [-0.39, 0.29) is 5.69 Å². The van der Waals surface area contributed by atoms with Gasteiger partial charge in [0.25, 0.3) is 5.91 Å². The van der Waals surface area contributed by atoms with E-state index in [1.807, 2.05) is 5.32 Å². The predicted octanol–water partition coefficient (Wildman–Crippen LogP) is 1.82. The van der Waals surface area contributed by atoms with E-state index in [2.05, 4.69) is 0 Å². The van der Waals surface area contributed by atoms with Crippen LogP contribution < -0.4 is 11.1 Å². The number of benzene rings is 1. The first-order valence-corrected chi connectivity index (χ1v) is 4.65. The molecule has 18 heavy (non-hydrogen) atoms. The van der Waals surface area contributed by atoms with Crippen molar-refractivity contribution in [3.8, 4) is 0 Å². The van der Waals surface area contributed by atoms with Crippen molar-refractivity contribution in [3.63, 3.8) is 0 Å². The van der Waals surface area contributed by atoms with Gasteiger partial charge in [-0.3, -0.25) is 9.59 Å². The van der Waals surface area contributed by atoms with Gasteiger partial charge in [-0.25, -0.2) is 4.39 Å². The van der Waals surface area contributed by atoms with Gasteiger partial charge in [0, 0.05) is 5.69 Å². The second-order valence-electron chi connectivity index (χ2n) is 3.40. The Morgan fingerprint density at radius 1 is 1.28 bits per heavy atom. The maximum atomic E-state index is 13.0. The molecule has 1 rings (SSSR count). The fourth-order valence-corrected chi connectivity index (χ4v) is 1.18. The Bertz CT molecular complexity index is 485. The van der Waals surface area contributed by atoms with Crippen LogP contribution in [-0.2, 0) is 4.79 Å². The van der Waals surface area contributed by atoms with E-state index in [0.29, 0.717) is 0 Å². The molecule has 1 aromatic rings. The molecule has 98 valence electrons. The number of anilines is 1. The van der Waals surface area contributed by atoms with Crippen LogP contribution in [0.1, 0.15) is 16.8 Å². The van der Waals surface area contributed by atoms with E-state index < -0.39 is 35.8 Å². The molecule has 0 spiro atoms. The minimum absolute atomic E-state index is 0.139. The van der Waals surface area contributed by atoms with Crippen LogP contribution in [0, 0.1) is 5.82 Å². The third-order valence-corrected chi connectivity index (χ3v) is 1.88. The normalized spacial score (nSPS) is 11.1. The van der Waals surface area contributed by atoms with Gasteiger partial charge in [0.1, 0.15) is 12.2 Å². The average molecular weight is 264 g/mol. The van der Waals surface area contributed by atoms with Gasteiger partial charge in [-0.2, -0.15) is 13.2 Å². The summed E-state index contributed by atoms with van der Waals surface area (Å²) in [6.45, 7) is 0. The average Bonchev–Trinajstić information content (AvgIpc) is 2.17. The third-order valence-electron chi connectivity index (χ3n) is 1.88. The Hall–Kier alpha value is -2.12. The van der Waals surface area contributed by atoms with Crippen molar-refractivity contribution in [3.05, 3.63) is 29.6 Å². The van der Waals surface area contributed by atoms with Crippen molar-refractivity contribution >= 4 is 17.5 Å². The number of carbonyl (C=O) groups excluding carboxylic acids is 2. The van der Waals surface area contributed by atoms with Crippen molar-refractivity contribution < 1.29 is 27.2 Å². The third kappa shape index (κ3) is 4.04. The van der Waals surface area contributed by atoms with Gasteiger partial charge >= 0.3 is 6.18 Å². The Balaban J connectivity index is 2.83. The molecular formula is C10H8F4N2O2. The largest absolute Gasteiger partial charge is 0.397 e. The van der Waals surface area contributed by atoms with Crippen molar-refractivity contribution in [2.45, 2.75) is 12.6 Å². The van der Waals surface area contributed by atoms with Crippen LogP contribution in [0.5, 0.6) is 0 Å². The fourth-order valence-electron chi connectivity index (χ4n) is 1.18. The molecule has 0 saturated heterocycles. The number of hydrogen-bond acceptors (Lipinski definition) is 2. The van der Waals surface area contributed by atoms with Crippen LogP contribution in [0.3, 0.4) is 0 Å². The quantitative estimate of drug-likeness (QED) is 0.817. The molecule has 0 unspecified atom stereocenters. The van der Waals surface area contributed by atoms with Gasteiger partial charge in [0.2, 0.25) is 5.91 Å². The Kier molecular flexibility index (Phi) is 3.89. The highest BCUT2D eigenvalue weighted by Gasteiger charge is 2.31. The number of alkyl halides is 3. The zero-order chi connectivity index (χ0) is 13.9. The summed E-state index contributed by atoms with van der Waals surface area (Å²) in [5.41, 5.74) is 4.19. The van der Waals surface area contributed by atoms with Crippen LogP contribution in [0.25, 0.3) is 0 Å². The minimum Gasteiger partial charge on any atom is -0.366 e. The van der Waals surface area contributed by atoms with Crippen molar-refractivity contribution in [2.75, 3.05) is 5.32 Å². The number of carbonyl (C=O) groups is 2. The zero-order valence-electron chi connectivity index (χ0n) is 8.84. The maximum absolute atomic E-state index is 13.0. The molecule has 0 aliphatic heterocycles. The van der Waals surface area contributed by atoms with E-state index in [1.165, 1.54) is 0 Å². The summed E-state index contributed by atoms with van der Waals surface area (Å²) in [6, 6.07) is 2.71. The zero-order valence-corrected chi connectivity index (χ0v) is 8.84. The highest BCUT2D eigenvalue weighted by molar-refractivity contribution is 5.96. The molecule has 0 aliphatic carbocycles. The molecule has 0 heterocycles. The van der Waals surface area contributed by atoms with E-state index >= 15 is 0 Å². The monoisotopic (exact) mass is 264 g/mol. The number of hydrogen-bond donors (Lipinski definition) is 2. The molecule has 0 bridgehead atoms. The second kappa shape index (κ2) is 5.03. The second-order valence-corrected chi connectivity index (χ2v) is 3.40. The summed E-state index contributed by atoms with van der Waals surface area (Å²) in [7, 11) is 0. The lowest BCUT2D eigenvalue weighted by Crippen LogP contribution is -2.21. The highest BCUT2D eigenvalue weighted by atomic mass is 19.4. The summed E-state index contributed by atoms with van der Waals surface area (Å²) in [5, 5.41) is 1.89. The van der Waals surface area contributed by atoms with E-state index in [9.17, 15) is 27.2 Å². The van der Waals surface area contributed by atoms with Gasteiger partial charge < -0.3 is 11.1 Å². The molecule has 8 heteroatoms. The molecule has 0 radical (unpaired) electrons. The predicted molar refractivity (Wildman–Crippen MR) is 54.2 cm³/mol. The first-order chi connectivity index (χ1) is 8.19. The van der Waals surface area contributed by atoms with Crippen LogP contribution in [-0.4, -0.2) is 18.0 Å². The van der Waals surface area contributed by atoms with Gasteiger partial charge in [-0.05, 0) is 18.2 Å². The molecule has 2 amide bonds. The molecule has 4 nitrogen and oxygen atoms in total. The summed E-state index contributed by atoms with van der Waals surface area (Å²) in [5.74, 6) is -3.32. The van der Waals surface area contributed by atoms with E-state index in [4.69, 9.17) is 5.73 Å². The molecule has 0 fully saturated rings. The topological polar surface area (TPSA) is 72.2 Å². The molecule has 0 aliphatic rings. The van der Waals surface area contributed by atoms with Crippen LogP contribution in [0.15, 0.2) is 18.2 Å². The SMILES string of the molecule is NC(=O)c1cc(NC(=O)CC(F)(F)F)ccc1F. The van der Waals surface area contributed by atoms with Crippen LogP contribution >= 0.6 is 0 Å². The lowest BCUT2D eigenvalue weighted by Gasteiger charge is -2.08. The fraction of sp³-hybridized carbons (Fsp3) is 0.200. The molecule has 3 N–H and O–H groups in total. The summed E-state index contributed by atoms with van der Waals surface area (Å²) >= 11 is 0. The van der Waals surface area contributed by atoms with Gasteiger partial charge in [-0.1, -0.05) is 0 Å².